The Kier molecular flexibility index (Phi) is 6.09. The Morgan fingerprint density at radius 2 is 1.52 bits per heavy atom. The first kappa shape index (κ1) is 20.4. The molecule has 0 fully saturated rings. The molecule has 8 nitrogen and oxygen atoms in total. The fourth-order valence-electron chi connectivity index (χ4n) is 3.03. The topological polar surface area (TPSA) is 91.8 Å². The maximum atomic E-state index is 4.56. The van der Waals surface area contributed by atoms with Crippen molar-refractivity contribution in [3.05, 3.63) is 78.2 Å². The monoisotopic (exact) mass is 412 g/mol. The predicted molar refractivity (Wildman–Crippen MR) is 122 cm³/mol. The fourth-order valence-corrected chi connectivity index (χ4v) is 3.03. The summed E-state index contributed by atoms with van der Waals surface area (Å²) in [7, 11) is 4.10. The van der Waals surface area contributed by atoms with Gasteiger partial charge in [0.25, 0.3) is 0 Å². The van der Waals surface area contributed by atoms with Crippen molar-refractivity contribution >= 4 is 23.3 Å². The van der Waals surface area contributed by atoms with Gasteiger partial charge in [0.15, 0.2) is 5.82 Å². The van der Waals surface area contributed by atoms with Gasteiger partial charge in [-0.2, -0.15) is 4.98 Å². The summed E-state index contributed by atoms with van der Waals surface area (Å²) in [6, 6.07) is 17.6. The zero-order chi connectivity index (χ0) is 21.6. The number of pyridine rings is 1. The highest BCUT2D eigenvalue weighted by atomic mass is 15.2. The molecule has 0 aliphatic carbocycles. The molecule has 4 aromatic rings. The minimum Gasteiger partial charge on any atom is -0.325 e. The van der Waals surface area contributed by atoms with E-state index in [4.69, 9.17) is 0 Å². The van der Waals surface area contributed by atoms with Crippen LogP contribution in [0.4, 0.5) is 23.3 Å². The van der Waals surface area contributed by atoms with Gasteiger partial charge in [0, 0.05) is 30.3 Å². The van der Waals surface area contributed by atoms with Gasteiger partial charge in [-0.25, -0.2) is 19.9 Å². The van der Waals surface area contributed by atoms with Crippen molar-refractivity contribution in [2.24, 2.45) is 0 Å². The van der Waals surface area contributed by atoms with Crippen LogP contribution in [0.3, 0.4) is 0 Å². The molecule has 0 aliphatic heterocycles. The van der Waals surface area contributed by atoms with Crippen LogP contribution in [0.25, 0.3) is 11.5 Å². The lowest BCUT2D eigenvalue weighted by atomic mass is 10.2. The molecule has 0 atom stereocenters. The quantitative estimate of drug-likeness (QED) is 0.467. The Morgan fingerprint density at radius 3 is 2.26 bits per heavy atom. The van der Waals surface area contributed by atoms with Gasteiger partial charge in [0.05, 0.1) is 0 Å². The van der Waals surface area contributed by atoms with Gasteiger partial charge in [0.1, 0.15) is 17.3 Å². The average molecular weight is 413 g/mol. The highest BCUT2D eigenvalue weighted by molar-refractivity contribution is 5.59. The van der Waals surface area contributed by atoms with E-state index in [0.29, 0.717) is 23.4 Å². The lowest BCUT2D eigenvalue weighted by Gasteiger charge is -2.11. The molecule has 0 saturated heterocycles. The van der Waals surface area contributed by atoms with Gasteiger partial charge in [-0.1, -0.05) is 18.2 Å². The number of aromatic nitrogens is 5. The molecule has 1 aromatic carbocycles. The van der Waals surface area contributed by atoms with Crippen molar-refractivity contribution in [1.29, 1.82) is 0 Å². The van der Waals surface area contributed by atoms with Crippen LogP contribution < -0.4 is 10.6 Å². The van der Waals surface area contributed by atoms with Gasteiger partial charge >= 0.3 is 0 Å². The van der Waals surface area contributed by atoms with E-state index in [9.17, 15) is 0 Å². The summed E-state index contributed by atoms with van der Waals surface area (Å²) in [4.78, 5) is 24.3. The number of rotatable bonds is 7. The largest absolute Gasteiger partial charge is 0.325 e. The van der Waals surface area contributed by atoms with E-state index in [1.54, 1.807) is 24.5 Å². The van der Waals surface area contributed by atoms with E-state index in [0.717, 1.165) is 23.6 Å². The van der Waals surface area contributed by atoms with E-state index >= 15 is 0 Å². The predicted octanol–water partition coefficient (Wildman–Crippen LogP) is 4.19. The maximum Gasteiger partial charge on any atom is 0.229 e. The van der Waals surface area contributed by atoms with Crippen LogP contribution in [-0.4, -0.2) is 43.9 Å². The van der Waals surface area contributed by atoms with Gasteiger partial charge in [-0.3, -0.25) is 0 Å². The first-order valence-corrected chi connectivity index (χ1v) is 9.93. The maximum absolute atomic E-state index is 4.56. The van der Waals surface area contributed by atoms with E-state index in [1.165, 1.54) is 5.56 Å². The molecule has 0 unspecified atom stereocenters. The second kappa shape index (κ2) is 9.27. The summed E-state index contributed by atoms with van der Waals surface area (Å²) >= 11 is 0. The molecule has 2 N–H and O–H groups in total. The Bertz CT molecular complexity index is 1160. The number of hydrogen-bond donors (Lipinski definition) is 2. The van der Waals surface area contributed by atoms with Crippen LogP contribution >= 0.6 is 0 Å². The Hall–Kier alpha value is -3.91. The smallest absolute Gasteiger partial charge is 0.229 e. The van der Waals surface area contributed by atoms with Crippen LogP contribution in [0.5, 0.6) is 0 Å². The van der Waals surface area contributed by atoms with Gasteiger partial charge < -0.3 is 15.5 Å². The number of nitrogens with one attached hydrogen (secondary N) is 2. The molecule has 156 valence electrons. The SMILES string of the molecule is Cc1cccc(-c2nccc(Nc3ccnc(Nc4ccc(CN(C)C)cc4)n3)n2)n1. The molecular weight excluding hydrogens is 388 g/mol. The number of aryl methyl sites for hydroxylation is 1. The van der Waals surface area contributed by atoms with Crippen LogP contribution in [0.2, 0.25) is 0 Å². The lowest BCUT2D eigenvalue weighted by molar-refractivity contribution is 0.402. The molecule has 0 radical (unpaired) electrons. The molecule has 4 rings (SSSR count). The standard InChI is InChI=1S/C23H24N8/c1-16-5-4-6-19(26-16)22-24-13-11-20(29-22)28-21-12-14-25-23(30-21)27-18-9-7-17(8-10-18)15-31(2)3/h4-14H,15H2,1-3H3,(H2,24,25,27,28,29,30). The van der Waals surface area contributed by atoms with Crippen LogP contribution in [0.1, 0.15) is 11.3 Å². The molecule has 0 bridgehead atoms. The van der Waals surface area contributed by atoms with Gasteiger partial charge in [0.2, 0.25) is 5.95 Å². The molecule has 0 spiro atoms. The molecule has 0 saturated carbocycles. The molecule has 31 heavy (non-hydrogen) atoms. The first-order chi connectivity index (χ1) is 15.0. The third kappa shape index (κ3) is 5.58. The molecule has 0 amide bonds. The third-order valence-electron chi connectivity index (χ3n) is 4.39. The molecule has 8 heteroatoms. The van der Waals surface area contributed by atoms with Crippen molar-refractivity contribution in [3.63, 3.8) is 0 Å². The van der Waals surface area contributed by atoms with Crippen LogP contribution in [0.15, 0.2) is 67.0 Å². The molecule has 0 aliphatic rings. The van der Waals surface area contributed by atoms with E-state index < -0.39 is 0 Å². The molecule has 3 heterocycles. The number of benzene rings is 1. The second-order valence-corrected chi connectivity index (χ2v) is 7.38. The van der Waals surface area contributed by atoms with Crippen LogP contribution in [-0.2, 0) is 6.54 Å². The summed E-state index contributed by atoms with van der Waals surface area (Å²) in [5.74, 6) is 2.31. The van der Waals surface area contributed by atoms with Crippen molar-refractivity contribution in [3.8, 4) is 11.5 Å². The highest BCUT2D eigenvalue weighted by Crippen LogP contribution is 2.19. The summed E-state index contributed by atoms with van der Waals surface area (Å²) < 4.78 is 0. The third-order valence-corrected chi connectivity index (χ3v) is 4.39. The zero-order valence-electron chi connectivity index (χ0n) is 17.7. The minimum absolute atomic E-state index is 0.500. The zero-order valence-corrected chi connectivity index (χ0v) is 17.7. The Balaban J connectivity index is 1.47. The normalized spacial score (nSPS) is 10.8. The van der Waals surface area contributed by atoms with E-state index in [2.05, 4.69) is 66.7 Å². The number of anilines is 4. The number of hydrogen-bond acceptors (Lipinski definition) is 8. The first-order valence-electron chi connectivity index (χ1n) is 9.93. The van der Waals surface area contributed by atoms with E-state index in [1.807, 2.05) is 37.3 Å². The van der Waals surface area contributed by atoms with Crippen molar-refractivity contribution < 1.29 is 0 Å². The van der Waals surface area contributed by atoms with Crippen molar-refractivity contribution in [1.82, 2.24) is 29.8 Å². The molecule has 3 aromatic heterocycles. The number of nitrogens with zero attached hydrogens (tertiary/aromatic N) is 6. The van der Waals surface area contributed by atoms with Gasteiger partial charge in [-0.05, 0) is 63.0 Å². The summed E-state index contributed by atoms with van der Waals surface area (Å²) in [5.41, 5.74) is 3.82. The van der Waals surface area contributed by atoms with Crippen LogP contribution in [0, 0.1) is 6.92 Å². The van der Waals surface area contributed by atoms with E-state index in [-0.39, 0.29) is 0 Å². The Morgan fingerprint density at radius 1 is 0.774 bits per heavy atom. The van der Waals surface area contributed by atoms with Crippen molar-refractivity contribution in [2.75, 3.05) is 24.7 Å². The summed E-state index contributed by atoms with van der Waals surface area (Å²) in [6.07, 6.45) is 3.40. The second-order valence-electron chi connectivity index (χ2n) is 7.38. The van der Waals surface area contributed by atoms with Gasteiger partial charge in [-0.15, -0.1) is 0 Å². The lowest BCUT2D eigenvalue weighted by Crippen LogP contribution is -2.10. The van der Waals surface area contributed by atoms with Crippen molar-refractivity contribution in [2.45, 2.75) is 13.5 Å². The Labute approximate surface area is 181 Å². The summed E-state index contributed by atoms with van der Waals surface area (Å²) in [6.45, 7) is 2.84. The fraction of sp³-hybridized carbons (Fsp3) is 0.174. The summed E-state index contributed by atoms with van der Waals surface area (Å²) in [5, 5.41) is 6.45. The molecular formula is C23H24N8. The average Bonchev–Trinajstić information content (AvgIpc) is 2.75. The minimum atomic E-state index is 0.500. The highest BCUT2D eigenvalue weighted by Gasteiger charge is 2.06.